The quantitative estimate of drug-likeness (QED) is 0.151. The molecule has 234 valence electrons. The zero-order chi connectivity index (χ0) is 31.9. The molecule has 5 atom stereocenters. The Morgan fingerprint density at radius 3 is 2.58 bits per heavy atom. The van der Waals surface area contributed by atoms with Gasteiger partial charge >= 0.3 is 0 Å². The molecule has 0 aliphatic carbocycles. The molecule has 0 bridgehead atoms. The number of nitrogens with zero attached hydrogens (tertiary/aromatic N) is 4. The van der Waals surface area contributed by atoms with E-state index in [4.69, 9.17) is 9.47 Å². The lowest BCUT2D eigenvalue weighted by Gasteiger charge is -2.38. The molecule has 1 amide bonds. The number of hydrogen-bond acceptors (Lipinski definition) is 6. The molecule has 1 fully saturated rings. The standard InChI is InChI=1S/C36H39IN4O4/c1-6-19-41-30-17-14-26(37)21-28(30)36(34(41)43)23(2)32(35(3,4)25-12-15-27(44-5)16-13-25)31(45-36)18-20-40-22-29(38-39-40)33(42)24-10-8-7-9-11-24/h6-17,21-23,31-33,42H,1,18-20H2,2-5H3/t23-,31+,32-,33-,36+/m1/s1. The molecule has 1 saturated heterocycles. The lowest BCUT2D eigenvalue weighted by atomic mass is 9.63. The highest BCUT2D eigenvalue weighted by Gasteiger charge is 2.65. The van der Waals surface area contributed by atoms with Crippen LogP contribution in [0.2, 0.25) is 0 Å². The highest BCUT2D eigenvalue weighted by atomic mass is 127. The monoisotopic (exact) mass is 718 g/mol. The highest BCUT2D eigenvalue weighted by molar-refractivity contribution is 14.1. The Bertz CT molecular complexity index is 1690. The van der Waals surface area contributed by atoms with Gasteiger partial charge in [0.05, 0.1) is 25.1 Å². The predicted molar refractivity (Wildman–Crippen MR) is 182 cm³/mol. The minimum Gasteiger partial charge on any atom is -0.497 e. The van der Waals surface area contributed by atoms with Crippen LogP contribution in [0, 0.1) is 15.4 Å². The number of aliphatic hydroxyl groups excluding tert-OH is 1. The zero-order valence-electron chi connectivity index (χ0n) is 26.1. The summed E-state index contributed by atoms with van der Waals surface area (Å²) >= 11 is 2.31. The molecular weight excluding hydrogens is 679 g/mol. The van der Waals surface area contributed by atoms with Crippen LogP contribution in [0.5, 0.6) is 5.75 Å². The van der Waals surface area contributed by atoms with Crippen molar-refractivity contribution in [2.75, 3.05) is 18.6 Å². The SMILES string of the molecule is C=CCN1C(=O)[C@@]2(O[C@@H](CCn3cc([C@H](O)c4ccccc4)nn3)[C@H](C(C)(C)c3ccc(OC)cc3)[C@H]2C)c2cc(I)ccc21. The van der Waals surface area contributed by atoms with Crippen LogP contribution in [0.1, 0.15) is 55.7 Å². The fourth-order valence-corrected chi connectivity index (χ4v) is 7.97. The number of aliphatic hydroxyl groups is 1. The summed E-state index contributed by atoms with van der Waals surface area (Å²) in [5.74, 6) is 0.582. The molecule has 1 spiro atoms. The van der Waals surface area contributed by atoms with Crippen molar-refractivity contribution in [3.63, 3.8) is 0 Å². The van der Waals surface area contributed by atoms with Crippen molar-refractivity contribution >= 4 is 34.2 Å². The molecule has 45 heavy (non-hydrogen) atoms. The smallest absolute Gasteiger partial charge is 0.264 e. The molecule has 8 nitrogen and oxygen atoms in total. The summed E-state index contributed by atoms with van der Waals surface area (Å²) in [6, 6.07) is 23.8. The number of methoxy groups -OCH3 is 1. The highest BCUT2D eigenvalue weighted by Crippen LogP contribution is 2.59. The second-order valence-electron chi connectivity index (χ2n) is 12.5. The van der Waals surface area contributed by atoms with Gasteiger partial charge in [0, 0.05) is 34.1 Å². The molecule has 1 aromatic heterocycles. The van der Waals surface area contributed by atoms with Gasteiger partial charge in [-0.25, -0.2) is 0 Å². The molecule has 6 rings (SSSR count). The second kappa shape index (κ2) is 12.3. The number of amides is 1. The predicted octanol–water partition coefficient (Wildman–Crippen LogP) is 6.42. The van der Waals surface area contributed by atoms with Crippen LogP contribution in [0.25, 0.3) is 0 Å². The van der Waals surface area contributed by atoms with Gasteiger partial charge in [0.25, 0.3) is 5.91 Å². The Balaban J connectivity index is 1.37. The maximum Gasteiger partial charge on any atom is 0.264 e. The molecule has 3 aromatic carbocycles. The van der Waals surface area contributed by atoms with Crippen molar-refractivity contribution < 1.29 is 19.4 Å². The van der Waals surface area contributed by atoms with E-state index in [-0.39, 0.29) is 29.3 Å². The summed E-state index contributed by atoms with van der Waals surface area (Å²) in [5.41, 5.74) is 2.71. The van der Waals surface area contributed by atoms with Crippen LogP contribution in [0.15, 0.2) is 91.6 Å². The Morgan fingerprint density at radius 2 is 1.89 bits per heavy atom. The van der Waals surface area contributed by atoms with Gasteiger partial charge in [-0.1, -0.05) is 74.5 Å². The maximum atomic E-state index is 14.5. The lowest BCUT2D eigenvalue weighted by molar-refractivity contribution is -0.146. The molecule has 2 aliphatic rings. The first-order valence-electron chi connectivity index (χ1n) is 15.3. The summed E-state index contributed by atoms with van der Waals surface area (Å²) in [5, 5.41) is 19.5. The van der Waals surface area contributed by atoms with Gasteiger partial charge in [-0.05, 0) is 75.9 Å². The van der Waals surface area contributed by atoms with Gasteiger partial charge in [0.1, 0.15) is 17.5 Å². The van der Waals surface area contributed by atoms with E-state index >= 15 is 0 Å². The minimum absolute atomic E-state index is 0.0258. The van der Waals surface area contributed by atoms with Gasteiger partial charge in [-0.3, -0.25) is 9.48 Å². The largest absolute Gasteiger partial charge is 0.497 e. The van der Waals surface area contributed by atoms with Crippen LogP contribution >= 0.6 is 22.6 Å². The number of aromatic nitrogens is 3. The third-order valence-corrected chi connectivity index (χ3v) is 10.4. The van der Waals surface area contributed by atoms with E-state index in [9.17, 15) is 9.90 Å². The number of anilines is 1. The maximum absolute atomic E-state index is 14.5. The Kier molecular flexibility index (Phi) is 8.62. The molecule has 1 N–H and O–H groups in total. The van der Waals surface area contributed by atoms with Gasteiger partial charge < -0.3 is 19.5 Å². The number of fused-ring (bicyclic) bond motifs is 2. The minimum atomic E-state index is -1.13. The number of ether oxygens (including phenoxy) is 2. The number of aryl methyl sites for hydroxylation is 1. The van der Waals surface area contributed by atoms with Crippen molar-refractivity contribution in [2.24, 2.45) is 11.8 Å². The van der Waals surface area contributed by atoms with Gasteiger partial charge in [-0.2, -0.15) is 0 Å². The Morgan fingerprint density at radius 1 is 1.16 bits per heavy atom. The summed E-state index contributed by atoms with van der Waals surface area (Å²) in [4.78, 5) is 16.3. The number of hydrogen-bond donors (Lipinski definition) is 1. The molecule has 0 radical (unpaired) electrons. The fourth-order valence-electron chi connectivity index (χ4n) is 7.48. The third kappa shape index (κ3) is 5.38. The third-order valence-electron chi connectivity index (χ3n) is 9.70. The average molecular weight is 719 g/mol. The molecule has 3 heterocycles. The molecule has 0 unspecified atom stereocenters. The van der Waals surface area contributed by atoms with Crippen molar-refractivity contribution in [3.8, 4) is 5.75 Å². The first-order valence-corrected chi connectivity index (χ1v) is 16.4. The van der Waals surface area contributed by atoms with E-state index in [1.54, 1.807) is 24.1 Å². The Labute approximate surface area is 278 Å². The lowest BCUT2D eigenvalue weighted by Crippen LogP contribution is -2.46. The zero-order valence-corrected chi connectivity index (χ0v) is 28.2. The molecule has 9 heteroatoms. The van der Waals surface area contributed by atoms with E-state index in [2.05, 4.69) is 78.5 Å². The summed E-state index contributed by atoms with van der Waals surface area (Å²) < 4.78 is 15.4. The normalized spacial score (nSPS) is 23.4. The van der Waals surface area contributed by atoms with Crippen LogP contribution in [0.4, 0.5) is 5.69 Å². The van der Waals surface area contributed by atoms with Gasteiger partial charge in [0.2, 0.25) is 0 Å². The first-order chi connectivity index (χ1) is 21.6. The van der Waals surface area contributed by atoms with Gasteiger partial charge in [0.15, 0.2) is 5.60 Å². The summed E-state index contributed by atoms with van der Waals surface area (Å²) in [6.45, 7) is 11.5. The average Bonchev–Trinajstić information content (AvgIpc) is 3.71. The first kappa shape index (κ1) is 31.4. The van der Waals surface area contributed by atoms with Crippen molar-refractivity contribution in [1.29, 1.82) is 0 Å². The van der Waals surface area contributed by atoms with Gasteiger partial charge in [-0.15, -0.1) is 11.7 Å². The topological polar surface area (TPSA) is 89.7 Å². The van der Waals surface area contributed by atoms with E-state index in [1.165, 1.54) is 0 Å². The summed E-state index contributed by atoms with van der Waals surface area (Å²) in [6.07, 6.45) is 3.02. The molecule has 2 aliphatic heterocycles. The fraction of sp³-hybridized carbons (Fsp3) is 0.361. The molecule has 4 aromatic rings. The number of carbonyl (C=O) groups excluding carboxylic acids is 1. The van der Waals surface area contributed by atoms with Crippen molar-refractivity contribution in [3.05, 3.63) is 118 Å². The van der Waals surface area contributed by atoms with E-state index in [0.29, 0.717) is 25.2 Å². The van der Waals surface area contributed by atoms with E-state index < -0.39 is 11.7 Å². The Hall–Kier alpha value is -3.54. The van der Waals surface area contributed by atoms with Crippen LogP contribution in [-0.2, 0) is 27.1 Å². The molecular formula is C36H39IN4O4. The van der Waals surface area contributed by atoms with Crippen molar-refractivity contribution in [1.82, 2.24) is 15.0 Å². The van der Waals surface area contributed by atoms with Crippen molar-refractivity contribution in [2.45, 2.75) is 57.0 Å². The van der Waals surface area contributed by atoms with E-state index in [0.717, 1.165) is 31.7 Å². The number of benzene rings is 3. The van der Waals surface area contributed by atoms with E-state index in [1.807, 2.05) is 59.5 Å². The number of carbonyl (C=O) groups is 1. The second-order valence-corrected chi connectivity index (χ2v) is 13.8. The summed E-state index contributed by atoms with van der Waals surface area (Å²) in [7, 11) is 1.67. The number of rotatable bonds is 10. The van der Waals surface area contributed by atoms with Crippen LogP contribution in [-0.4, -0.2) is 45.8 Å². The molecule has 0 saturated carbocycles. The van der Waals surface area contributed by atoms with Crippen LogP contribution < -0.4 is 9.64 Å². The van der Waals surface area contributed by atoms with Crippen LogP contribution in [0.3, 0.4) is 0 Å². The number of halogens is 1.